The first-order valence-corrected chi connectivity index (χ1v) is 6.34. The maximum Gasteiger partial charge on any atom is 0.0210 e. The van der Waals surface area contributed by atoms with Gasteiger partial charge in [-0.2, -0.15) is 0 Å². The van der Waals surface area contributed by atoms with E-state index in [1.54, 1.807) is 0 Å². The van der Waals surface area contributed by atoms with Crippen molar-refractivity contribution in [1.82, 2.24) is 5.32 Å². The van der Waals surface area contributed by atoms with E-state index in [9.17, 15) is 0 Å². The van der Waals surface area contributed by atoms with Crippen LogP contribution in [0.4, 0.5) is 0 Å². The minimum Gasteiger partial charge on any atom is -0.310 e. The Kier molecular flexibility index (Phi) is 5.01. The molecule has 0 aromatic heterocycles. The summed E-state index contributed by atoms with van der Waals surface area (Å²) in [6.07, 6.45) is 1.24. The van der Waals surface area contributed by atoms with Crippen LogP contribution in [0.3, 0.4) is 0 Å². The van der Waals surface area contributed by atoms with Gasteiger partial charge in [-0.15, -0.1) is 0 Å². The Bertz CT molecular complexity index is 330. The van der Waals surface area contributed by atoms with E-state index in [1.165, 1.54) is 23.1 Å². The summed E-state index contributed by atoms with van der Waals surface area (Å²) >= 11 is 0. The van der Waals surface area contributed by atoms with Crippen LogP contribution in [0.25, 0.3) is 0 Å². The summed E-state index contributed by atoms with van der Waals surface area (Å²) in [6, 6.07) is 7.26. The highest BCUT2D eigenvalue weighted by molar-refractivity contribution is 5.30. The molecule has 0 spiro atoms. The second-order valence-electron chi connectivity index (χ2n) is 4.99. The molecular formula is C15H25N. The topological polar surface area (TPSA) is 12.0 Å². The Balaban J connectivity index is 2.57. The summed E-state index contributed by atoms with van der Waals surface area (Å²) in [7, 11) is 0. The first-order valence-electron chi connectivity index (χ1n) is 6.34. The van der Waals surface area contributed by atoms with E-state index in [-0.39, 0.29) is 0 Å². The number of nitrogens with one attached hydrogen (secondary N) is 1. The monoisotopic (exact) mass is 219 g/mol. The number of benzene rings is 1. The zero-order valence-electron chi connectivity index (χ0n) is 11.3. The summed E-state index contributed by atoms with van der Waals surface area (Å²) < 4.78 is 0. The van der Waals surface area contributed by atoms with Crippen LogP contribution in [0.1, 0.15) is 43.9 Å². The number of hydrogen-bond donors (Lipinski definition) is 1. The molecule has 90 valence electrons. The van der Waals surface area contributed by atoms with Crippen LogP contribution < -0.4 is 5.32 Å². The highest BCUT2D eigenvalue weighted by Crippen LogP contribution is 2.12. The SMILES string of the molecule is CCC(C)C(C)NCc1cc(C)ccc1C. The molecule has 16 heavy (non-hydrogen) atoms. The minimum atomic E-state index is 0.588. The standard InChI is InChI=1S/C15H25N/c1-6-12(3)14(5)16-10-15-9-11(2)7-8-13(15)4/h7-9,12,14,16H,6,10H2,1-5H3. The van der Waals surface area contributed by atoms with Gasteiger partial charge in [0.25, 0.3) is 0 Å². The quantitative estimate of drug-likeness (QED) is 0.793. The molecule has 0 aliphatic rings. The van der Waals surface area contributed by atoms with Gasteiger partial charge in [0, 0.05) is 12.6 Å². The fraction of sp³-hybridized carbons (Fsp3) is 0.600. The van der Waals surface area contributed by atoms with Crippen LogP contribution >= 0.6 is 0 Å². The predicted molar refractivity (Wildman–Crippen MR) is 71.7 cm³/mol. The molecule has 0 bridgehead atoms. The van der Waals surface area contributed by atoms with Crippen LogP contribution in [-0.2, 0) is 6.54 Å². The van der Waals surface area contributed by atoms with Crippen molar-refractivity contribution < 1.29 is 0 Å². The van der Waals surface area contributed by atoms with Gasteiger partial charge in [0.2, 0.25) is 0 Å². The van der Waals surface area contributed by atoms with Crippen molar-refractivity contribution in [3.05, 3.63) is 34.9 Å². The van der Waals surface area contributed by atoms with Gasteiger partial charge in [0.1, 0.15) is 0 Å². The van der Waals surface area contributed by atoms with Crippen molar-refractivity contribution in [3.8, 4) is 0 Å². The van der Waals surface area contributed by atoms with Gasteiger partial charge >= 0.3 is 0 Å². The first-order chi connectivity index (χ1) is 7.54. The van der Waals surface area contributed by atoms with Crippen LogP contribution in [-0.4, -0.2) is 6.04 Å². The van der Waals surface area contributed by atoms with Crippen LogP contribution in [0, 0.1) is 19.8 Å². The summed E-state index contributed by atoms with van der Waals surface area (Å²) in [6.45, 7) is 12.2. The number of hydrogen-bond acceptors (Lipinski definition) is 1. The zero-order valence-corrected chi connectivity index (χ0v) is 11.3. The van der Waals surface area contributed by atoms with E-state index in [4.69, 9.17) is 0 Å². The zero-order chi connectivity index (χ0) is 12.1. The molecule has 0 radical (unpaired) electrons. The molecule has 0 aliphatic heterocycles. The van der Waals surface area contributed by atoms with Crippen molar-refractivity contribution in [2.24, 2.45) is 5.92 Å². The van der Waals surface area contributed by atoms with Crippen molar-refractivity contribution in [3.63, 3.8) is 0 Å². The van der Waals surface area contributed by atoms with Crippen molar-refractivity contribution >= 4 is 0 Å². The van der Waals surface area contributed by atoms with Gasteiger partial charge in [-0.25, -0.2) is 0 Å². The molecule has 1 rings (SSSR count). The number of aryl methyl sites for hydroxylation is 2. The van der Waals surface area contributed by atoms with Crippen LogP contribution in [0.5, 0.6) is 0 Å². The van der Waals surface area contributed by atoms with E-state index >= 15 is 0 Å². The third-order valence-corrected chi connectivity index (χ3v) is 3.62. The second-order valence-corrected chi connectivity index (χ2v) is 4.99. The van der Waals surface area contributed by atoms with Gasteiger partial charge < -0.3 is 5.32 Å². The minimum absolute atomic E-state index is 0.588. The highest BCUT2D eigenvalue weighted by Gasteiger charge is 2.09. The molecule has 0 saturated carbocycles. The Morgan fingerprint density at radius 1 is 1.19 bits per heavy atom. The lowest BCUT2D eigenvalue weighted by Crippen LogP contribution is -2.31. The summed E-state index contributed by atoms with van der Waals surface area (Å²) in [5.74, 6) is 0.741. The molecule has 0 saturated heterocycles. The van der Waals surface area contributed by atoms with Crippen LogP contribution in [0.2, 0.25) is 0 Å². The summed E-state index contributed by atoms with van der Waals surface area (Å²) in [5.41, 5.74) is 4.16. The summed E-state index contributed by atoms with van der Waals surface area (Å²) in [4.78, 5) is 0. The Hall–Kier alpha value is -0.820. The number of rotatable bonds is 5. The maximum atomic E-state index is 3.62. The van der Waals surface area contributed by atoms with Crippen molar-refractivity contribution in [1.29, 1.82) is 0 Å². The fourth-order valence-electron chi connectivity index (χ4n) is 1.82. The third kappa shape index (κ3) is 3.64. The molecular weight excluding hydrogens is 194 g/mol. The van der Waals surface area contributed by atoms with Crippen LogP contribution in [0.15, 0.2) is 18.2 Å². The molecule has 0 aliphatic carbocycles. The van der Waals surface area contributed by atoms with E-state index in [2.05, 4.69) is 58.1 Å². The van der Waals surface area contributed by atoms with Gasteiger partial charge in [0.05, 0.1) is 0 Å². The smallest absolute Gasteiger partial charge is 0.0210 e. The largest absolute Gasteiger partial charge is 0.310 e. The maximum absolute atomic E-state index is 3.62. The van der Waals surface area contributed by atoms with Gasteiger partial charge in [0.15, 0.2) is 0 Å². The Morgan fingerprint density at radius 2 is 1.88 bits per heavy atom. The average molecular weight is 219 g/mol. The average Bonchev–Trinajstić information content (AvgIpc) is 2.28. The lowest BCUT2D eigenvalue weighted by molar-refractivity contribution is 0.389. The van der Waals surface area contributed by atoms with E-state index < -0.39 is 0 Å². The molecule has 2 unspecified atom stereocenters. The molecule has 0 amide bonds. The lowest BCUT2D eigenvalue weighted by Gasteiger charge is -2.20. The molecule has 1 N–H and O–H groups in total. The predicted octanol–water partition coefficient (Wildman–Crippen LogP) is 3.83. The van der Waals surface area contributed by atoms with E-state index in [1.807, 2.05) is 0 Å². The molecule has 0 heterocycles. The Labute approximate surface area is 100 Å². The van der Waals surface area contributed by atoms with E-state index in [0.717, 1.165) is 12.5 Å². The van der Waals surface area contributed by atoms with Crippen molar-refractivity contribution in [2.45, 2.75) is 53.6 Å². The lowest BCUT2D eigenvalue weighted by atomic mass is 10.00. The van der Waals surface area contributed by atoms with Gasteiger partial charge in [-0.1, -0.05) is 44.0 Å². The normalized spacial score (nSPS) is 14.8. The summed E-state index contributed by atoms with van der Waals surface area (Å²) in [5, 5.41) is 3.62. The van der Waals surface area contributed by atoms with Gasteiger partial charge in [-0.05, 0) is 37.8 Å². The fourth-order valence-corrected chi connectivity index (χ4v) is 1.82. The first kappa shape index (κ1) is 13.2. The van der Waals surface area contributed by atoms with Gasteiger partial charge in [-0.3, -0.25) is 0 Å². The molecule has 1 heteroatoms. The third-order valence-electron chi connectivity index (χ3n) is 3.62. The molecule has 1 aromatic rings. The molecule has 2 atom stereocenters. The highest BCUT2D eigenvalue weighted by atomic mass is 14.9. The second kappa shape index (κ2) is 6.05. The molecule has 1 nitrogen and oxygen atoms in total. The van der Waals surface area contributed by atoms with Crippen molar-refractivity contribution in [2.75, 3.05) is 0 Å². The Morgan fingerprint density at radius 3 is 2.50 bits per heavy atom. The molecule has 0 fully saturated rings. The van der Waals surface area contributed by atoms with E-state index in [0.29, 0.717) is 6.04 Å². The molecule has 1 aromatic carbocycles.